The molecule has 1 aliphatic rings. The molecule has 0 heterocycles. The summed E-state index contributed by atoms with van der Waals surface area (Å²) in [5.74, 6) is -0.558. The van der Waals surface area contributed by atoms with Crippen molar-refractivity contribution in [2.24, 2.45) is 0 Å². The molecule has 90 valence electrons. The zero-order chi connectivity index (χ0) is 12.3. The molecule has 1 saturated carbocycles. The Morgan fingerprint density at radius 3 is 2.71 bits per heavy atom. The second-order valence-electron chi connectivity index (χ2n) is 4.08. The van der Waals surface area contributed by atoms with Crippen LogP contribution in [0.4, 0.5) is 5.69 Å². The molecule has 1 fully saturated rings. The van der Waals surface area contributed by atoms with Gasteiger partial charge in [0.05, 0.1) is 0 Å². The topological polar surface area (TPSA) is 58.2 Å². The third-order valence-electron chi connectivity index (χ3n) is 2.37. The molecule has 4 nitrogen and oxygen atoms in total. The SMILES string of the molecule is O=C(CC(=O)NC1CC1)Nc1cccc(Cl)c1. The zero-order valence-corrected chi connectivity index (χ0v) is 9.96. The lowest BCUT2D eigenvalue weighted by Gasteiger charge is -2.05. The number of hydrogen-bond acceptors (Lipinski definition) is 2. The summed E-state index contributed by atoms with van der Waals surface area (Å²) in [6.07, 6.45) is 1.88. The van der Waals surface area contributed by atoms with Gasteiger partial charge in [-0.2, -0.15) is 0 Å². The van der Waals surface area contributed by atoms with E-state index >= 15 is 0 Å². The molecule has 1 aliphatic carbocycles. The normalized spacial score (nSPS) is 14.2. The monoisotopic (exact) mass is 252 g/mol. The fourth-order valence-corrected chi connectivity index (χ4v) is 1.61. The summed E-state index contributed by atoms with van der Waals surface area (Å²) >= 11 is 5.78. The molecule has 0 aromatic heterocycles. The van der Waals surface area contributed by atoms with Crippen LogP contribution in [0.15, 0.2) is 24.3 Å². The van der Waals surface area contributed by atoms with Crippen LogP contribution in [-0.2, 0) is 9.59 Å². The Hall–Kier alpha value is -1.55. The van der Waals surface area contributed by atoms with Crippen molar-refractivity contribution in [3.8, 4) is 0 Å². The van der Waals surface area contributed by atoms with E-state index in [9.17, 15) is 9.59 Å². The van der Waals surface area contributed by atoms with Gasteiger partial charge in [-0.05, 0) is 31.0 Å². The van der Waals surface area contributed by atoms with Crippen LogP contribution in [0, 0.1) is 0 Å². The summed E-state index contributed by atoms with van der Waals surface area (Å²) in [6, 6.07) is 7.10. The lowest BCUT2D eigenvalue weighted by Crippen LogP contribution is -2.29. The van der Waals surface area contributed by atoms with Gasteiger partial charge in [0.15, 0.2) is 0 Å². The molecule has 0 unspecified atom stereocenters. The van der Waals surface area contributed by atoms with Crippen LogP contribution in [0.1, 0.15) is 19.3 Å². The molecule has 0 saturated heterocycles. The van der Waals surface area contributed by atoms with Gasteiger partial charge in [0.2, 0.25) is 11.8 Å². The Morgan fingerprint density at radius 1 is 1.29 bits per heavy atom. The Morgan fingerprint density at radius 2 is 2.06 bits per heavy atom. The van der Waals surface area contributed by atoms with E-state index < -0.39 is 0 Å². The number of hydrogen-bond donors (Lipinski definition) is 2. The van der Waals surface area contributed by atoms with Gasteiger partial charge < -0.3 is 10.6 Å². The maximum atomic E-state index is 11.5. The highest BCUT2D eigenvalue weighted by Crippen LogP contribution is 2.19. The van der Waals surface area contributed by atoms with Gasteiger partial charge in [-0.1, -0.05) is 17.7 Å². The maximum Gasteiger partial charge on any atom is 0.233 e. The second kappa shape index (κ2) is 5.19. The minimum absolute atomic E-state index is 0.150. The summed E-state index contributed by atoms with van der Waals surface area (Å²) < 4.78 is 0. The molecule has 0 aliphatic heterocycles. The van der Waals surface area contributed by atoms with E-state index in [0.717, 1.165) is 12.8 Å². The van der Waals surface area contributed by atoms with Gasteiger partial charge in [-0.25, -0.2) is 0 Å². The van der Waals surface area contributed by atoms with E-state index in [1.807, 2.05) is 0 Å². The highest BCUT2D eigenvalue weighted by atomic mass is 35.5. The molecular weight excluding hydrogens is 240 g/mol. The van der Waals surface area contributed by atoms with Crippen LogP contribution >= 0.6 is 11.6 Å². The van der Waals surface area contributed by atoms with E-state index in [1.165, 1.54) is 0 Å². The van der Waals surface area contributed by atoms with Crippen molar-refractivity contribution in [2.75, 3.05) is 5.32 Å². The Labute approximate surface area is 104 Å². The van der Waals surface area contributed by atoms with Gasteiger partial charge in [0.25, 0.3) is 0 Å². The average Bonchev–Trinajstić information content (AvgIpc) is 3.00. The Kier molecular flexibility index (Phi) is 3.64. The van der Waals surface area contributed by atoms with Gasteiger partial charge >= 0.3 is 0 Å². The smallest absolute Gasteiger partial charge is 0.233 e. The van der Waals surface area contributed by atoms with Crippen molar-refractivity contribution in [2.45, 2.75) is 25.3 Å². The number of anilines is 1. The number of rotatable bonds is 4. The summed E-state index contributed by atoms with van der Waals surface area (Å²) in [5.41, 5.74) is 0.599. The summed E-state index contributed by atoms with van der Waals surface area (Å²) in [4.78, 5) is 22.9. The van der Waals surface area contributed by atoms with E-state index in [2.05, 4.69) is 10.6 Å². The van der Waals surface area contributed by atoms with E-state index in [-0.39, 0.29) is 24.3 Å². The van der Waals surface area contributed by atoms with Crippen LogP contribution in [0.3, 0.4) is 0 Å². The maximum absolute atomic E-state index is 11.5. The van der Waals surface area contributed by atoms with Crippen LogP contribution in [-0.4, -0.2) is 17.9 Å². The minimum Gasteiger partial charge on any atom is -0.353 e. The number of halogens is 1. The average molecular weight is 253 g/mol. The Bertz CT molecular complexity index is 444. The molecule has 1 aromatic carbocycles. The molecule has 1 aromatic rings. The highest BCUT2D eigenvalue weighted by Gasteiger charge is 2.24. The number of amides is 2. The highest BCUT2D eigenvalue weighted by molar-refractivity contribution is 6.30. The summed E-state index contributed by atoms with van der Waals surface area (Å²) in [5, 5.41) is 5.93. The summed E-state index contributed by atoms with van der Waals surface area (Å²) in [7, 11) is 0. The molecular formula is C12H13ClN2O2. The standard InChI is InChI=1S/C12H13ClN2O2/c13-8-2-1-3-10(6-8)15-12(17)7-11(16)14-9-4-5-9/h1-3,6,9H,4-5,7H2,(H,14,16)(H,15,17). The third-order valence-corrected chi connectivity index (χ3v) is 2.61. The van der Waals surface area contributed by atoms with Gasteiger partial charge in [-0.15, -0.1) is 0 Å². The van der Waals surface area contributed by atoms with Crippen molar-refractivity contribution >= 4 is 29.1 Å². The first kappa shape index (κ1) is 11.9. The van der Waals surface area contributed by atoms with Gasteiger partial charge in [-0.3, -0.25) is 9.59 Å². The van der Waals surface area contributed by atoms with Crippen molar-refractivity contribution in [3.63, 3.8) is 0 Å². The van der Waals surface area contributed by atoms with Crippen molar-refractivity contribution < 1.29 is 9.59 Å². The number of carbonyl (C=O) groups is 2. The molecule has 0 spiro atoms. The van der Waals surface area contributed by atoms with E-state index in [1.54, 1.807) is 24.3 Å². The molecule has 0 radical (unpaired) electrons. The van der Waals surface area contributed by atoms with Crippen molar-refractivity contribution in [3.05, 3.63) is 29.3 Å². The number of nitrogens with one attached hydrogen (secondary N) is 2. The van der Waals surface area contributed by atoms with Gasteiger partial charge in [0.1, 0.15) is 6.42 Å². The van der Waals surface area contributed by atoms with Crippen LogP contribution in [0.5, 0.6) is 0 Å². The minimum atomic E-state index is -0.328. The van der Waals surface area contributed by atoms with Crippen LogP contribution in [0.2, 0.25) is 5.02 Å². The summed E-state index contributed by atoms with van der Waals surface area (Å²) in [6.45, 7) is 0. The van der Waals surface area contributed by atoms with Crippen LogP contribution in [0.25, 0.3) is 0 Å². The lowest BCUT2D eigenvalue weighted by atomic mass is 10.3. The quantitative estimate of drug-likeness (QED) is 0.805. The van der Waals surface area contributed by atoms with Crippen molar-refractivity contribution in [1.29, 1.82) is 0 Å². The lowest BCUT2D eigenvalue weighted by molar-refractivity contribution is -0.126. The van der Waals surface area contributed by atoms with E-state index in [0.29, 0.717) is 10.7 Å². The molecule has 17 heavy (non-hydrogen) atoms. The largest absolute Gasteiger partial charge is 0.353 e. The first-order valence-electron chi connectivity index (χ1n) is 5.48. The van der Waals surface area contributed by atoms with E-state index in [4.69, 9.17) is 11.6 Å². The predicted molar refractivity (Wildman–Crippen MR) is 65.9 cm³/mol. The number of carbonyl (C=O) groups excluding carboxylic acids is 2. The zero-order valence-electron chi connectivity index (χ0n) is 9.20. The van der Waals surface area contributed by atoms with Crippen molar-refractivity contribution in [1.82, 2.24) is 5.32 Å². The van der Waals surface area contributed by atoms with Gasteiger partial charge in [0, 0.05) is 16.8 Å². The predicted octanol–water partition coefficient (Wildman–Crippen LogP) is 1.95. The molecule has 0 atom stereocenters. The molecule has 2 rings (SSSR count). The fraction of sp³-hybridized carbons (Fsp3) is 0.333. The fourth-order valence-electron chi connectivity index (χ4n) is 1.42. The third kappa shape index (κ3) is 4.07. The Balaban J connectivity index is 1.81. The van der Waals surface area contributed by atoms with Crippen LogP contribution < -0.4 is 10.6 Å². The molecule has 2 amide bonds. The molecule has 0 bridgehead atoms. The molecule has 5 heteroatoms. The number of benzene rings is 1. The first-order chi connectivity index (χ1) is 8.13. The molecule has 2 N–H and O–H groups in total. The second-order valence-corrected chi connectivity index (χ2v) is 4.51. The first-order valence-corrected chi connectivity index (χ1v) is 5.86.